The molecule has 0 aliphatic rings. The van der Waals surface area contributed by atoms with Gasteiger partial charge in [-0.3, -0.25) is 0 Å². The van der Waals surface area contributed by atoms with E-state index in [-0.39, 0.29) is 15.7 Å². The Morgan fingerprint density at radius 1 is 1.44 bits per heavy atom. The van der Waals surface area contributed by atoms with E-state index in [2.05, 4.69) is 25.8 Å². The van der Waals surface area contributed by atoms with Gasteiger partial charge in [0.2, 0.25) is 0 Å². The van der Waals surface area contributed by atoms with Crippen molar-refractivity contribution in [2.24, 2.45) is 5.18 Å². The highest BCUT2D eigenvalue weighted by molar-refractivity contribution is 9.10. The number of rotatable bonds is 2. The number of benzene rings is 1. The number of carbonyl (C=O) groups is 1. The Kier molecular flexibility index (Phi) is 6.48. The van der Waals surface area contributed by atoms with Gasteiger partial charge in [-0.1, -0.05) is 13.8 Å². The average Bonchev–Trinajstić information content (AvgIpc) is 2.33. The minimum Gasteiger partial charge on any atom is -0.465 e. The van der Waals surface area contributed by atoms with Gasteiger partial charge in [0.05, 0.1) is 17.1 Å². The van der Waals surface area contributed by atoms with Crippen LogP contribution in [-0.2, 0) is 4.74 Å². The lowest BCUT2D eigenvalue weighted by molar-refractivity contribution is 0.0601. The Morgan fingerprint density at radius 2 is 2.00 bits per heavy atom. The molecule has 0 amide bonds. The molecular formula is C10H11BrFNO3. The predicted molar refractivity (Wildman–Crippen MR) is 62.2 cm³/mol. The predicted octanol–water partition coefficient (Wildman–Crippen LogP) is 3.80. The molecular weight excluding hydrogens is 281 g/mol. The van der Waals surface area contributed by atoms with E-state index in [1.165, 1.54) is 0 Å². The van der Waals surface area contributed by atoms with E-state index >= 15 is 0 Å². The van der Waals surface area contributed by atoms with Crippen molar-refractivity contribution in [3.8, 4) is 0 Å². The van der Waals surface area contributed by atoms with Crippen molar-refractivity contribution in [2.45, 2.75) is 13.8 Å². The second-order valence-corrected chi connectivity index (χ2v) is 3.22. The van der Waals surface area contributed by atoms with Crippen molar-refractivity contribution in [3.63, 3.8) is 0 Å². The Hall–Kier alpha value is -1.30. The van der Waals surface area contributed by atoms with Gasteiger partial charge >= 0.3 is 5.97 Å². The quantitative estimate of drug-likeness (QED) is 0.615. The summed E-state index contributed by atoms with van der Waals surface area (Å²) in [6.07, 6.45) is 0. The van der Waals surface area contributed by atoms with Crippen LogP contribution in [0.3, 0.4) is 0 Å². The molecule has 0 aromatic heterocycles. The van der Waals surface area contributed by atoms with Crippen molar-refractivity contribution in [2.75, 3.05) is 7.11 Å². The molecule has 0 unspecified atom stereocenters. The smallest absolute Gasteiger partial charge is 0.340 e. The van der Waals surface area contributed by atoms with Crippen LogP contribution in [0, 0.1) is 10.7 Å². The normalized spacial score (nSPS) is 8.81. The monoisotopic (exact) mass is 291 g/mol. The molecule has 0 bridgehead atoms. The van der Waals surface area contributed by atoms with E-state index in [4.69, 9.17) is 0 Å². The summed E-state index contributed by atoms with van der Waals surface area (Å²) >= 11 is 2.87. The SMILES string of the molecule is CC.COC(=O)c1cc(F)c(Br)cc1N=O. The molecule has 0 heterocycles. The first-order chi connectivity index (χ1) is 7.60. The molecule has 16 heavy (non-hydrogen) atoms. The summed E-state index contributed by atoms with van der Waals surface area (Å²) < 4.78 is 17.4. The van der Waals surface area contributed by atoms with Crippen LogP contribution in [0.4, 0.5) is 10.1 Å². The van der Waals surface area contributed by atoms with Crippen molar-refractivity contribution in [1.29, 1.82) is 0 Å². The zero-order valence-electron chi connectivity index (χ0n) is 9.08. The second-order valence-electron chi connectivity index (χ2n) is 2.37. The lowest BCUT2D eigenvalue weighted by Crippen LogP contribution is -2.02. The summed E-state index contributed by atoms with van der Waals surface area (Å²) in [5.74, 6) is -1.45. The zero-order valence-corrected chi connectivity index (χ0v) is 10.7. The molecule has 88 valence electrons. The number of hydrogen-bond donors (Lipinski definition) is 0. The van der Waals surface area contributed by atoms with Gasteiger partial charge in [0.1, 0.15) is 11.5 Å². The molecule has 0 fully saturated rings. The molecule has 0 radical (unpaired) electrons. The summed E-state index contributed by atoms with van der Waals surface area (Å²) in [7, 11) is 1.14. The van der Waals surface area contributed by atoms with Crippen LogP contribution in [-0.4, -0.2) is 13.1 Å². The van der Waals surface area contributed by atoms with E-state index in [9.17, 15) is 14.1 Å². The van der Waals surface area contributed by atoms with Crippen LogP contribution in [0.15, 0.2) is 21.8 Å². The number of nitroso groups, excluding NO2 is 1. The number of halogens is 2. The first kappa shape index (κ1) is 14.7. The van der Waals surface area contributed by atoms with Gasteiger partial charge in [-0.2, -0.15) is 0 Å². The first-order valence-corrected chi connectivity index (χ1v) is 5.30. The average molecular weight is 292 g/mol. The van der Waals surface area contributed by atoms with Crippen LogP contribution in [0.25, 0.3) is 0 Å². The van der Waals surface area contributed by atoms with Crippen molar-refractivity contribution < 1.29 is 13.9 Å². The van der Waals surface area contributed by atoms with Gasteiger partial charge in [0, 0.05) is 0 Å². The first-order valence-electron chi connectivity index (χ1n) is 4.51. The summed E-state index contributed by atoms with van der Waals surface area (Å²) in [6, 6.07) is 2.02. The third kappa shape index (κ3) is 3.37. The molecule has 1 aromatic carbocycles. The van der Waals surface area contributed by atoms with Crippen LogP contribution < -0.4 is 0 Å². The summed E-state index contributed by atoms with van der Waals surface area (Å²) in [5.41, 5.74) is -0.353. The maximum Gasteiger partial charge on any atom is 0.340 e. The molecule has 6 heteroatoms. The van der Waals surface area contributed by atoms with Gasteiger partial charge in [0.25, 0.3) is 0 Å². The fraction of sp³-hybridized carbons (Fsp3) is 0.300. The summed E-state index contributed by atoms with van der Waals surface area (Å²) in [5, 5.41) is 2.59. The van der Waals surface area contributed by atoms with Crippen molar-refractivity contribution in [3.05, 3.63) is 32.9 Å². The van der Waals surface area contributed by atoms with Crippen LogP contribution in [0.1, 0.15) is 24.2 Å². The van der Waals surface area contributed by atoms with Crippen LogP contribution in [0.5, 0.6) is 0 Å². The summed E-state index contributed by atoms with van der Waals surface area (Å²) in [6.45, 7) is 4.00. The number of carbonyl (C=O) groups excluding carboxylic acids is 1. The Morgan fingerprint density at radius 3 is 2.44 bits per heavy atom. The molecule has 1 rings (SSSR count). The maximum atomic E-state index is 13.0. The third-order valence-electron chi connectivity index (χ3n) is 1.54. The molecule has 0 spiro atoms. The van der Waals surface area contributed by atoms with Crippen molar-refractivity contribution >= 4 is 27.6 Å². The molecule has 1 aromatic rings. The molecule has 0 atom stereocenters. The molecule has 4 nitrogen and oxygen atoms in total. The molecule has 0 saturated carbocycles. The number of nitrogens with zero attached hydrogens (tertiary/aromatic N) is 1. The largest absolute Gasteiger partial charge is 0.465 e. The molecule has 0 aliphatic carbocycles. The molecule has 0 aliphatic heterocycles. The van der Waals surface area contributed by atoms with Crippen molar-refractivity contribution in [1.82, 2.24) is 0 Å². The fourth-order valence-corrected chi connectivity index (χ4v) is 1.22. The highest BCUT2D eigenvalue weighted by Gasteiger charge is 2.15. The highest BCUT2D eigenvalue weighted by Crippen LogP contribution is 2.27. The van der Waals surface area contributed by atoms with Gasteiger partial charge in [0.15, 0.2) is 0 Å². The van der Waals surface area contributed by atoms with E-state index in [1.807, 2.05) is 13.8 Å². The Bertz CT molecular complexity index is 396. The van der Waals surface area contributed by atoms with Crippen LogP contribution in [0.2, 0.25) is 0 Å². The van der Waals surface area contributed by atoms with E-state index in [0.29, 0.717) is 0 Å². The van der Waals surface area contributed by atoms with E-state index in [0.717, 1.165) is 19.2 Å². The van der Waals surface area contributed by atoms with Gasteiger partial charge < -0.3 is 4.74 Å². The fourth-order valence-electron chi connectivity index (χ4n) is 0.885. The van der Waals surface area contributed by atoms with Gasteiger partial charge in [-0.05, 0) is 33.2 Å². The van der Waals surface area contributed by atoms with Crippen LogP contribution >= 0.6 is 15.9 Å². The topological polar surface area (TPSA) is 55.7 Å². The zero-order chi connectivity index (χ0) is 12.7. The Balaban J connectivity index is 0.00000106. The van der Waals surface area contributed by atoms with Gasteiger partial charge in [-0.25, -0.2) is 9.18 Å². The minimum absolute atomic E-state index is 0.0692. The standard InChI is InChI=1S/C8H5BrFNO3.C2H6/c1-14-8(12)4-2-6(10)5(9)3-7(4)11-13;1-2/h2-3H,1H3;1-2H3. The third-order valence-corrected chi connectivity index (χ3v) is 2.15. The number of methoxy groups -OCH3 is 1. The van der Waals surface area contributed by atoms with E-state index in [1.54, 1.807) is 0 Å². The molecule has 0 saturated heterocycles. The minimum atomic E-state index is -0.800. The lowest BCUT2D eigenvalue weighted by Gasteiger charge is -2.02. The molecule has 0 N–H and O–H groups in total. The number of hydrogen-bond acceptors (Lipinski definition) is 4. The lowest BCUT2D eigenvalue weighted by atomic mass is 10.2. The Labute approximate surface area is 101 Å². The second kappa shape index (κ2) is 7.05. The maximum absolute atomic E-state index is 13.0. The van der Waals surface area contributed by atoms with Gasteiger partial charge in [-0.15, -0.1) is 4.91 Å². The summed E-state index contributed by atoms with van der Waals surface area (Å²) in [4.78, 5) is 21.4. The number of ether oxygens (including phenoxy) is 1. The van der Waals surface area contributed by atoms with E-state index < -0.39 is 11.8 Å². The number of esters is 1. The highest BCUT2D eigenvalue weighted by atomic mass is 79.9.